The molecule has 5 heteroatoms. The summed E-state index contributed by atoms with van der Waals surface area (Å²) in [5.74, 6) is -2.25. The first-order valence-electron chi connectivity index (χ1n) is 5.98. The smallest absolute Gasteiger partial charge is 0.254 e. The highest BCUT2D eigenvalue weighted by molar-refractivity contribution is 5.94. The van der Waals surface area contributed by atoms with Gasteiger partial charge in [0.25, 0.3) is 5.91 Å². The second-order valence-corrected chi connectivity index (χ2v) is 4.73. The summed E-state index contributed by atoms with van der Waals surface area (Å²) in [7, 11) is 2.02. The van der Waals surface area contributed by atoms with Crippen LogP contribution in [0.4, 0.5) is 8.78 Å². The molecule has 1 aliphatic rings. The Balaban J connectivity index is 1.94. The van der Waals surface area contributed by atoms with Crippen LogP contribution in [0, 0.1) is 17.6 Å². The van der Waals surface area contributed by atoms with Crippen molar-refractivity contribution < 1.29 is 13.6 Å². The molecule has 1 saturated heterocycles. The Hall–Kier alpha value is -1.49. The van der Waals surface area contributed by atoms with Gasteiger partial charge in [-0.25, -0.2) is 8.78 Å². The van der Waals surface area contributed by atoms with Crippen molar-refractivity contribution >= 4 is 5.91 Å². The van der Waals surface area contributed by atoms with E-state index < -0.39 is 17.5 Å². The minimum Gasteiger partial charge on any atom is -0.352 e. The van der Waals surface area contributed by atoms with Crippen molar-refractivity contribution in [1.82, 2.24) is 10.2 Å². The molecular weight excluding hydrogens is 238 g/mol. The lowest BCUT2D eigenvalue weighted by molar-refractivity contribution is 0.0942. The van der Waals surface area contributed by atoms with Gasteiger partial charge in [0, 0.05) is 13.1 Å². The van der Waals surface area contributed by atoms with Crippen LogP contribution >= 0.6 is 0 Å². The van der Waals surface area contributed by atoms with Crippen molar-refractivity contribution in [3.8, 4) is 0 Å². The highest BCUT2D eigenvalue weighted by atomic mass is 19.2. The van der Waals surface area contributed by atoms with Gasteiger partial charge in [-0.1, -0.05) is 6.07 Å². The molecule has 0 aliphatic carbocycles. The van der Waals surface area contributed by atoms with Crippen LogP contribution in [-0.2, 0) is 0 Å². The first-order chi connectivity index (χ1) is 8.58. The largest absolute Gasteiger partial charge is 0.352 e. The van der Waals surface area contributed by atoms with E-state index in [-0.39, 0.29) is 5.56 Å². The fraction of sp³-hybridized carbons (Fsp3) is 0.462. The van der Waals surface area contributed by atoms with Crippen LogP contribution in [0.15, 0.2) is 18.2 Å². The zero-order valence-corrected chi connectivity index (χ0v) is 10.2. The number of likely N-dealkylation sites (tertiary alicyclic amines) is 1. The Labute approximate surface area is 105 Å². The lowest BCUT2D eigenvalue weighted by Gasteiger charge is -2.12. The van der Waals surface area contributed by atoms with Gasteiger partial charge in [-0.15, -0.1) is 0 Å². The van der Waals surface area contributed by atoms with Crippen LogP contribution in [0.2, 0.25) is 0 Å². The normalized spacial score (nSPS) is 20.1. The van der Waals surface area contributed by atoms with Crippen LogP contribution in [0.5, 0.6) is 0 Å². The van der Waals surface area contributed by atoms with E-state index >= 15 is 0 Å². The molecule has 0 spiro atoms. The summed E-state index contributed by atoms with van der Waals surface area (Å²) in [6.45, 7) is 2.43. The first-order valence-corrected chi connectivity index (χ1v) is 5.98. The molecule has 3 nitrogen and oxygen atoms in total. The lowest BCUT2D eigenvalue weighted by Crippen LogP contribution is -2.31. The fourth-order valence-electron chi connectivity index (χ4n) is 2.20. The summed E-state index contributed by atoms with van der Waals surface area (Å²) in [6, 6.07) is 3.61. The number of amides is 1. The molecular formula is C13H16F2N2O. The minimum absolute atomic E-state index is 0.235. The van der Waals surface area contributed by atoms with Crippen LogP contribution < -0.4 is 5.32 Å². The summed E-state index contributed by atoms with van der Waals surface area (Å²) >= 11 is 0. The molecule has 1 aromatic rings. The molecule has 1 N–H and O–H groups in total. The van der Waals surface area contributed by atoms with E-state index in [4.69, 9.17) is 0 Å². The van der Waals surface area contributed by atoms with Crippen molar-refractivity contribution in [2.75, 3.05) is 26.7 Å². The van der Waals surface area contributed by atoms with E-state index in [9.17, 15) is 13.6 Å². The molecule has 1 atom stereocenters. The van der Waals surface area contributed by atoms with E-state index in [2.05, 4.69) is 10.2 Å². The molecule has 98 valence electrons. The number of halogens is 2. The summed E-state index contributed by atoms with van der Waals surface area (Å²) in [6.07, 6.45) is 1.02. The number of rotatable bonds is 3. The van der Waals surface area contributed by atoms with Crippen molar-refractivity contribution in [2.24, 2.45) is 5.92 Å². The molecule has 0 saturated carbocycles. The highest BCUT2D eigenvalue weighted by Crippen LogP contribution is 2.14. The van der Waals surface area contributed by atoms with Crippen LogP contribution in [0.1, 0.15) is 16.8 Å². The van der Waals surface area contributed by atoms with Gasteiger partial charge in [0.05, 0.1) is 5.56 Å². The molecule has 1 amide bonds. The van der Waals surface area contributed by atoms with Crippen LogP contribution in [0.3, 0.4) is 0 Å². The Morgan fingerprint density at radius 3 is 2.94 bits per heavy atom. The maximum atomic E-state index is 13.4. The van der Waals surface area contributed by atoms with E-state index in [0.717, 1.165) is 25.6 Å². The SMILES string of the molecule is CN1CCC(CNC(=O)c2cccc(F)c2F)C1. The summed E-state index contributed by atoms with van der Waals surface area (Å²) in [4.78, 5) is 13.9. The van der Waals surface area contributed by atoms with Crippen molar-refractivity contribution in [1.29, 1.82) is 0 Å². The molecule has 1 heterocycles. The Morgan fingerprint density at radius 2 is 2.28 bits per heavy atom. The maximum Gasteiger partial charge on any atom is 0.254 e. The van der Waals surface area contributed by atoms with E-state index in [1.807, 2.05) is 7.05 Å². The second-order valence-electron chi connectivity index (χ2n) is 4.73. The summed E-state index contributed by atoms with van der Waals surface area (Å²) in [5.41, 5.74) is -0.235. The van der Waals surface area contributed by atoms with Gasteiger partial charge in [0.2, 0.25) is 0 Å². The monoisotopic (exact) mass is 254 g/mol. The number of carbonyl (C=O) groups is 1. The van der Waals surface area contributed by atoms with E-state index in [1.54, 1.807) is 0 Å². The number of nitrogens with zero attached hydrogens (tertiary/aromatic N) is 1. The standard InChI is InChI=1S/C13H16F2N2O/c1-17-6-5-9(8-17)7-16-13(18)10-3-2-4-11(14)12(10)15/h2-4,9H,5-8H2,1H3,(H,16,18). The molecule has 2 rings (SSSR count). The van der Waals surface area contributed by atoms with Crippen LogP contribution in [-0.4, -0.2) is 37.5 Å². The number of hydrogen-bond donors (Lipinski definition) is 1. The molecule has 1 unspecified atom stereocenters. The number of nitrogens with one attached hydrogen (secondary N) is 1. The van der Waals surface area contributed by atoms with Gasteiger partial charge in [0.15, 0.2) is 11.6 Å². The molecule has 18 heavy (non-hydrogen) atoms. The third kappa shape index (κ3) is 2.85. The molecule has 0 bridgehead atoms. The third-order valence-corrected chi connectivity index (χ3v) is 3.24. The maximum absolute atomic E-state index is 13.4. The Bertz CT molecular complexity index is 451. The van der Waals surface area contributed by atoms with Gasteiger partial charge < -0.3 is 10.2 Å². The Kier molecular flexibility index (Phi) is 3.91. The Morgan fingerprint density at radius 1 is 1.50 bits per heavy atom. The minimum atomic E-state index is -1.08. The number of benzene rings is 1. The second kappa shape index (κ2) is 5.44. The van der Waals surface area contributed by atoms with Gasteiger partial charge in [-0.05, 0) is 38.1 Å². The lowest BCUT2D eigenvalue weighted by atomic mass is 10.1. The molecule has 1 aliphatic heterocycles. The fourth-order valence-corrected chi connectivity index (χ4v) is 2.20. The first kappa shape index (κ1) is 13.0. The average Bonchev–Trinajstić information content (AvgIpc) is 2.76. The predicted octanol–water partition coefficient (Wildman–Crippen LogP) is 1.65. The quantitative estimate of drug-likeness (QED) is 0.889. The van der Waals surface area contributed by atoms with Gasteiger partial charge in [0.1, 0.15) is 0 Å². The third-order valence-electron chi connectivity index (χ3n) is 3.24. The topological polar surface area (TPSA) is 32.3 Å². The zero-order valence-electron chi connectivity index (χ0n) is 10.2. The van der Waals surface area contributed by atoms with Gasteiger partial charge >= 0.3 is 0 Å². The number of carbonyl (C=O) groups excluding carboxylic acids is 1. The average molecular weight is 254 g/mol. The van der Waals surface area contributed by atoms with Crippen molar-refractivity contribution in [3.63, 3.8) is 0 Å². The van der Waals surface area contributed by atoms with E-state index in [1.165, 1.54) is 12.1 Å². The number of hydrogen-bond acceptors (Lipinski definition) is 2. The van der Waals surface area contributed by atoms with Crippen LogP contribution in [0.25, 0.3) is 0 Å². The molecule has 0 radical (unpaired) electrons. The van der Waals surface area contributed by atoms with Gasteiger partial charge in [-0.3, -0.25) is 4.79 Å². The van der Waals surface area contributed by atoms with Gasteiger partial charge in [-0.2, -0.15) is 0 Å². The van der Waals surface area contributed by atoms with E-state index in [0.29, 0.717) is 12.5 Å². The van der Waals surface area contributed by atoms with Crippen molar-refractivity contribution in [2.45, 2.75) is 6.42 Å². The predicted molar refractivity (Wildman–Crippen MR) is 64.3 cm³/mol. The molecule has 1 aromatic carbocycles. The molecule has 1 fully saturated rings. The zero-order chi connectivity index (χ0) is 13.1. The summed E-state index contributed by atoms with van der Waals surface area (Å²) < 4.78 is 26.3. The van der Waals surface area contributed by atoms with Crippen molar-refractivity contribution in [3.05, 3.63) is 35.4 Å². The summed E-state index contributed by atoms with van der Waals surface area (Å²) in [5, 5.41) is 2.66. The highest BCUT2D eigenvalue weighted by Gasteiger charge is 2.21. The molecule has 0 aromatic heterocycles.